The molecular weight excluding hydrogens is 491 g/mol. The monoisotopic (exact) mass is 516 g/mol. The van der Waals surface area contributed by atoms with Crippen LogP contribution in [0.2, 0.25) is 9.36 Å². The highest BCUT2D eigenvalue weighted by Crippen LogP contribution is 2.45. The third-order valence-corrected chi connectivity index (χ3v) is 8.32. The molecule has 0 aliphatic carbocycles. The summed E-state index contributed by atoms with van der Waals surface area (Å²) in [6.07, 6.45) is 3.08. The molecule has 0 saturated carbocycles. The van der Waals surface area contributed by atoms with E-state index in [0.717, 1.165) is 44.4 Å². The van der Waals surface area contributed by atoms with E-state index in [1.807, 2.05) is 36.5 Å². The number of thiophene rings is 1. The lowest BCUT2D eigenvalue weighted by Crippen LogP contribution is -2.38. The second-order valence-corrected chi connectivity index (χ2v) is 11.7. The highest BCUT2D eigenvalue weighted by atomic mass is 35.5. The topological polar surface area (TPSA) is 31.4 Å². The maximum absolute atomic E-state index is 6.87. The fourth-order valence-electron chi connectivity index (χ4n) is 5.17. The molecule has 0 spiro atoms. The molecule has 2 aromatic heterocycles. The summed E-state index contributed by atoms with van der Waals surface area (Å²) in [6, 6.07) is 16.1. The molecule has 2 aliphatic heterocycles. The first-order valence-electron chi connectivity index (χ1n) is 11.2. The number of aromatic nitrogens is 1. The van der Waals surface area contributed by atoms with Crippen molar-refractivity contribution >= 4 is 63.2 Å². The van der Waals surface area contributed by atoms with Gasteiger partial charge in [0.25, 0.3) is 0 Å². The summed E-state index contributed by atoms with van der Waals surface area (Å²) in [5.41, 5.74) is 3.00. The van der Waals surface area contributed by atoms with E-state index in [1.165, 1.54) is 6.42 Å². The van der Waals surface area contributed by atoms with Crippen LogP contribution in [0.5, 0.6) is 0 Å². The SMILES string of the molecule is C[C@@H]1C[C@@H](C)CN(c2ccc(N3C(=S)N[C@@H](c4ccccn4)[C@@H]3c3ccc(Cl)s3)cc2Cl)C1. The van der Waals surface area contributed by atoms with E-state index in [2.05, 4.69) is 52.1 Å². The molecule has 4 nitrogen and oxygen atoms in total. The summed E-state index contributed by atoms with van der Waals surface area (Å²) in [5.74, 6) is 1.32. The predicted molar refractivity (Wildman–Crippen MR) is 144 cm³/mol. The predicted octanol–water partition coefficient (Wildman–Crippen LogP) is 7.11. The Bertz CT molecular complexity index is 1140. The molecule has 33 heavy (non-hydrogen) atoms. The molecule has 0 radical (unpaired) electrons. The van der Waals surface area contributed by atoms with E-state index in [-0.39, 0.29) is 12.1 Å². The van der Waals surface area contributed by atoms with Gasteiger partial charge in [0.1, 0.15) is 0 Å². The molecule has 2 aliphatic rings. The van der Waals surface area contributed by atoms with Gasteiger partial charge in [-0.1, -0.05) is 43.1 Å². The molecule has 0 bridgehead atoms. The number of nitrogens with zero attached hydrogens (tertiary/aromatic N) is 3. The van der Waals surface area contributed by atoms with Gasteiger partial charge in [-0.3, -0.25) is 4.98 Å². The second kappa shape index (κ2) is 9.41. The third-order valence-electron chi connectivity index (χ3n) is 6.40. The number of hydrogen-bond donors (Lipinski definition) is 1. The number of nitrogens with one attached hydrogen (secondary N) is 1. The van der Waals surface area contributed by atoms with Crippen LogP contribution in [-0.2, 0) is 0 Å². The maximum Gasteiger partial charge on any atom is 0.174 e. The Labute approximate surface area is 214 Å². The van der Waals surface area contributed by atoms with Crippen molar-refractivity contribution in [3.63, 3.8) is 0 Å². The van der Waals surface area contributed by atoms with Gasteiger partial charge in [-0.2, -0.15) is 0 Å². The van der Waals surface area contributed by atoms with Crippen LogP contribution in [0.25, 0.3) is 0 Å². The summed E-state index contributed by atoms with van der Waals surface area (Å²) < 4.78 is 0.754. The van der Waals surface area contributed by atoms with Crippen LogP contribution in [0.4, 0.5) is 11.4 Å². The second-order valence-electron chi connectivity index (χ2n) is 9.13. The zero-order valence-corrected chi connectivity index (χ0v) is 21.7. The van der Waals surface area contributed by atoms with E-state index in [1.54, 1.807) is 11.3 Å². The average Bonchev–Trinajstić information content (AvgIpc) is 3.36. The Morgan fingerprint density at radius 2 is 1.85 bits per heavy atom. The van der Waals surface area contributed by atoms with Crippen molar-refractivity contribution in [3.8, 4) is 0 Å². The van der Waals surface area contributed by atoms with E-state index in [0.29, 0.717) is 16.9 Å². The van der Waals surface area contributed by atoms with Crippen molar-refractivity contribution in [1.29, 1.82) is 0 Å². The van der Waals surface area contributed by atoms with Crippen LogP contribution in [0.3, 0.4) is 0 Å². The van der Waals surface area contributed by atoms with Gasteiger partial charge in [0.05, 0.1) is 32.8 Å². The molecule has 4 heterocycles. The highest BCUT2D eigenvalue weighted by molar-refractivity contribution is 7.80. The number of benzene rings is 1. The van der Waals surface area contributed by atoms with Gasteiger partial charge in [0.2, 0.25) is 0 Å². The summed E-state index contributed by atoms with van der Waals surface area (Å²) in [6.45, 7) is 6.69. The Morgan fingerprint density at radius 1 is 1.06 bits per heavy atom. The molecule has 2 saturated heterocycles. The van der Waals surface area contributed by atoms with Crippen LogP contribution < -0.4 is 15.1 Å². The fraction of sp³-hybridized carbons (Fsp3) is 0.360. The van der Waals surface area contributed by atoms with Crippen molar-refractivity contribution < 1.29 is 0 Å². The minimum absolute atomic E-state index is 0.0677. The van der Waals surface area contributed by atoms with E-state index >= 15 is 0 Å². The minimum atomic E-state index is -0.0873. The van der Waals surface area contributed by atoms with Gasteiger partial charge >= 0.3 is 0 Å². The third kappa shape index (κ3) is 4.59. The lowest BCUT2D eigenvalue weighted by molar-refractivity contribution is 0.357. The molecule has 1 aromatic carbocycles. The lowest BCUT2D eigenvalue weighted by atomic mass is 9.91. The molecule has 5 rings (SSSR count). The van der Waals surface area contributed by atoms with Crippen molar-refractivity contribution in [2.45, 2.75) is 32.4 Å². The normalized spacial score (nSPS) is 25.4. The maximum atomic E-state index is 6.87. The van der Waals surface area contributed by atoms with Crippen LogP contribution in [-0.4, -0.2) is 23.2 Å². The lowest BCUT2D eigenvalue weighted by Gasteiger charge is -2.37. The molecule has 3 aromatic rings. The zero-order chi connectivity index (χ0) is 23.1. The molecule has 172 valence electrons. The van der Waals surface area contributed by atoms with Gasteiger partial charge in [-0.15, -0.1) is 11.3 Å². The first-order valence-corrected chi connectivity index (χ1v) is 13.2. The van der Waals surface area contributed by atoms with Gasteiger partial charge in [0, 0.05) is 29.9 Å². The van der Waals surface area contributed by atoms with Gasteiger partial charge in [-0.05, 0) is 72.9 Å². The number of anilines is 2. The summed E-state index contributed by atoms with van der Waals surface area (Å²) >= 11 is 20.6. The smallest absolute Gasteiger partial charge is 0.174 e. The molecule has 8 heteroatoms. The molecule has 0 unspecified atom stereocenters. The highest BCUT2D eigenvalue weighted by Gasteiger charge is 2.41. The Hall–Kier alpha value is -1.86. The fourth-order valence-corrected chi connectivity index (χ4v) is 7.00. The largest absolute Gasteiger partial charge is 0.370 e. The Kier molecular flexibility index (Phi) is 6.54. The average molecular weight is 518 g/mol. The Morgan fingerprint density at radius 3 is 2.48 bits per heavy atom. The minimum Gasteiger partial charge on any atom is -0.370 e. The van der Waals surface area contributed by atoms with E-state index < -0.39 is 0 Å². The van der Waals surface area contributed by atoms with Crippen molar-refractivity contribution in [2.75, 3.05) is 22.9 Å². The Balaban J connectivity index is 1.51. The standard InChI is InChI=1S/C25H26Cl2N4S2/c1-15-11-16(2)14-30(13-15)20-7-6-17(12-18(20)26)31-24(21-8-9-22(27)33-21)23(29-25(31)32)19-5-3-4-10-28-19/h3-10,12,15-16,23-24H,11,13-14H2,1-2H3,(H,29,32)/t15-,16-,23+,24+/m1/s1. The summed E-state index contributed by atoms with van der Waals surface area (Å²) in [7, 11) is 0. The van der Waals surface area contributed by atoms with Crippen LogP contribution in [0, 0.1) is 11.8 Å². The van der Waals surface area contributed by atoms with E-state index in [9.17, 15) is 0 Å². The quantitative estimate of drug-likeness (QED) is 0.373. The van der Waals surface area contributed by atoms with Gasteiger partial charge < -0.3 is 15.1 Å². The molecule has 2 fully saturated rings. The molecule has 4 atom stereocenters. The number of rotatable bonds is 4. The van der Waals surface area contributed by atoms with Gasteiger partial charge in [-0.25, -0.2) is 0 Å². The van der Waals surface area contributed by atoms with Crippen LogP contribution in [0.1, 0.15) is 42.9 Å². The number of halogens is 2. The van der Waals surface area contributed by atoms with Crippen LogP contribution in [0.15, 0.2) is 54.7 Å². The number of thiocarbonyl (C=S) groups is 1. The summed E-state index contributed by atoms with van der Waals surface area (Å²) in [5, 5.41) is 4.90. The summed E-state index contributed by atoms with van der Waals surface area (Å²) in [4.78, 5) is 10.3. The van der Waals surface area contributed by atoms with Crippen molar-refractivity contribution in [1.82, 2.24) is 10.3 Å². The van der Waals surface area contributed by atoms with Crippen molar-refractivity contribution in [2.24, 2.45) is 11.8 Å². The number of hydrogen-bond acceptors (Lipinski definition) is 4. The van der Waals surface area contributed by atoms with Crippen LogP contribution >= 0.6 is 46.8 Å². The van der Waals surface area contributed by atoms with E-state index in [4.69, 9.17) is 35.4 Å². The first kappa shape index (κ1) is 22.9. The van der Waals surface area contributed by atoms with Gasteiger partial charge in [0.15, 0.2) is 5.11 Å². The van der Waals surface area contributed by atoms with Crippen molar-refractivity contribution in [3.05, 3.63) is 74.7 Å². The molecule has 0 amide bonds. The zero-order valence-electron chi connectivity index (χ0n) is 18.5. The number of piperidine rings is 1. The molecular formula is C25H26Cl2N4S2. The first-order chi connectivity index (χ1) is 15.9. The molecule has 1 N–H and O–H groups in total. The number of pyridine rings is 1.